The van der Waals surface area contributed by atoms with Gasteiger partial charge in [-0.15, -0.1) is 0 Å². The lowest BCUT2D eigenvalue weighted by Crippen LogP contribution is -2.56. The summed E-state index contributed by atoms with van der Waals surface area (Å²) in [5.74, 6) is -1.50. The molecular weight excluding hydrogens is 446 g/mol. The minimum Gasteiger partial charge on any atom is -0.359 e. The highest BCUT2D eigenvalue weighted by Gasteiger charge is 2.34. The quantitative estimate of drug-likeness (QED) is 0.420. The van der Waals surface area contributed by atoms with Gasteiger partial charge in [0.1, 0.15) is 0 Å². The standard InChI is InChI=1S/C26H29N5O4/c1-17-15-30(25(34)18-8-5-4-6-9-18)12-13-31(17)26(35)24(33)20-14-27-23-19(20)10-7-11-21(23)28-22(32)16-29(2)3/h4-11,14,17,27H,12-13,15-16H2,1-3H3,(H,28,32)/t17-/m1/s1. The van der Waals surface area contributed by atoms with E-state index in [0.29, 0.717) is 35.2 Å². The summed E-state index contributed by atoms with van der Waals surface area (Å²) < 4.78 is 0. The average molecular weight is 476 g/mol. The molecule has 4 rings (SSSR count). The molecule has 0 bridgehead atoms. The number of amides is 3. The predicted octanol–water partition coefficient (Wildman–Crippen LogP) is 2.22. The van der Waals surface area contributed by atoms with Gasteiger partial charge >= 0.3 is 0 Å². The summed E-state index contributed by atoms with van der Waals surface area (Å²) in [6.45, 7) is 3.04. The first-order valence-electron chi connectivity index (χ1n) is 11.5. The van der Waals surface area contributed by atoms with Crippen LogP contribution in [0.1, 0.15) is 27.6 Å². The van der Waals surface area contributed by atoms with E-state index in [1.807, 2.05) is 25.1 Å². The molecule has 3 aromatic rings. The van der Waals surface area contributed by atoms with Crippen LogP contribution in [0, 0.1) is 0 Å². The number of Topliss-reactive ketones (excluding diaryl/α,β-unsaturated/α-hetero) is 1. The van der Waals surface area contributed by atoms with Gasteiger partial charge in [-0.3, -0.25) is 19.2 Å². The van der Waals surface area contributed by atoms with E-state index in [2.05, 4.69) is 10.3 Å². The maximum atomic E-state index is 13.2. The van der Waals surface area contributed by atoms with E-state index in [1.54, 1.807) is 54.2 Å². The van der Waals surface area contributed by atoms with E-state index in [9.17, 15) is 19.2 Å². The minimum atomic E-state index is -0.622. The van der Waals surface area contributed by atoms with Gasteiger partial charge in [0.25, 0.3) is 17.6 Å². The van der Waals surface area contributed by atoms with E-state index in [0.717, 1.165) is 0 Å². The number of ketones is 1. The Hall–Kier alpha value is -3.98. The Balaban J connectivity index is 1.47. The van der Waals surface area contributed by atoms with Crippen molar-refractivity contribution in [1.82, 2.24) is 19.7 Å². The van der Waals surface area contributed by atoms with Crippen LogP contribution in [0.3, 0.4) is 0 Å². The molecule has 0 aliphatic carbocycles. The summed E-state index contributed by atoms with van der Waals surface area (Å²) in [4.78, 5) is 59.4. The third kappa shape index (κ3) is 5.09. The molecule has 3 amide bonds. The van der Waals surface area contributed by atoms with Gasteiger partial charge in [-0.25, -0.2) is 0 Å². The molecule has 0 unspecified atom stereocenters. The maximum absolute atomic E-state index is 13.2. The van der Waals surface area contributed by atoms with Crippen molar-refractivity contribution in [2.24, 2.45) is 0 Å². The van der Waals surface area contributed by atoms with Gasteiger partial charge in [0.15, 0.2) is 0 Å². The van der Waals surface area contributed by atoms with Crippen molar-refractivity contribution in [3.05, 3.63) is 65.9 Å². The third-order valence-electron chi connectivity index (χ3n) is 6.08. The summed E-state index contributed by atoms with van der Waals surface area (Å²) in [6, 6.07) is 13.9. The fourth-order valence-corrected chi connectivity index (χ4v) is 4.38. The number of carbonyl (C=O) groups is 4. The molecule has 2 N–H and O–H groups in total. The van der Waals surface area contributed by atoms with E-state index >= 15 is 0 Å². The Morgan fingerprint density at radius 2 is 1.77 bits per heavy atom. The maximum Gasteiger partial charge on any atom is 0.295 e. The van der Waals surface area contributed by atoms with Gasteiger partial charge in [0, 0.05) is 42.8 Å². The predicted molar refractivity (Wildman–Crippen MR) is 133 cm³/mol. The molecule has 0 saturated carbocycles. The van der Waals surface area contributed by atoms with E-state index in [4.69, 9.17) is 0 Å². The van der Waals surface area contributed by atoms with Crippen molar-refractivity contribution in [2.45, 2.75) is 13.0 Å². The average Bonchev–Trinajstić information content (AvgIpc) is 3.28. The van der Waals surface area contributed by atoms with Crippen LogP contribution in [-0.4, -0.2) is 89.5 Å². The smallest absolute Gasteiger partial charge is 0.295 e. The zero-order valence-electron chi connectivity index (χ0n) is 20.1. The Kier molecular flexibility index (Phi) is 6.97. The summed E-state index contributed by atoms with van der Waals surface area (Å²) >= 11 is 0. The highest BCUT2D eigenvalue weighted by atomic mass is 16.2. The number of rotatable bonds is 6. The number of H-pyrrole nitrogens is 1. The fourth-order valence-electron chi connectivity index (χ4n) is 4.38. The Morgan fingerprint density at radius 3 is 2.46 bits per heavy atom. The molecule has 35 heavy (non-hydrogen) atoms. The molecule has 2 aromatic carbocycles. The molecule has 9 heteroatoms. The summed E-state index contributed by atoms with van der Waals surface area (Å²) in [5, 5.41) is 3.41. The summed E-state index contributed by atoms with van der Waals surface area (Å²) in [5.41, 5.74) is 1.98. The second-order valence-electron chi connectivity index (χ2n) is 9.01. The van der Waals surface area contributed by atoms with Gasteiger partial charge in [0.05, 0.1) is 23.3 Å². The van der Waals surface area contributed by atoms with Crippen molar-refractivity contribution < 1.29 is 19.2 Å². The minimum absolute atomic E-state index is 0.0867. The van der Waals surface area contributed by atoms with Crippen molar-refractivity contribution in [1.29, 1.82) is 0 Å². The third-order valence-corrected chi connectivity index (χ3v) is 6.08. The number of benzene rings is 2. The normalized spacial score (nSPS) is 15.9. The number of fused-ring (bicyclic) bond motifs is 1. The first-order valence-corrected chi connectivity index (χ1v) is 11.5. The molecule has 0 spiro atoms. The Bertz CT molecular complexity index is 1270. The van der Waals surface area contributed by atoms with Crippen LogP contribution in [0.2, 0.25) is 0 Å². The molecule has 1 atom stereocenters. The zero-order chi connectivity index (χ0) is 25.1. The molecule has 9 nitrogen and oxygen atoms in total. The van der Waals surface area contributed by atoms with Crippen LogP contribution in [0.5, 0.6) is 0 Å². The van der Waals surface area contributed by atoms with Crippen molar-refractivity contribution >= 4 is 40.1 Å². The van der Waals surface area contributed by atoms with Gasteiger partial charge in [-0.05, 0) is 39.2 Å². The molecule has 0 radical (unpaired) electrons. The Labute approximate surface area is 203 Å². The molecule has 1 fully saturated rings. The number of aromatic amines is 1. The number of para-hydroxylation sites is 1. The van der Waals surface area contributed by atoms with E-state index in [1.165, 1.54) is 11.1 Å². The van der Waals surface area contributed by atoms with Crippen LogP contribution >= 0.6 is 0 Å². The molecule has 1 aliphatic rings. The number of nitrogens with zero attached hydrogens (tertiary/aromatic N) is 3. The SMILES string of the molecule is C[C@@H]1CN(C(=O)c2ccccc2)CCN1C(=O)C(=O)c1c[nH]c2c(NC(=O)CN(C)C)cccc12. The number of aromatic nitrogens is 1. The van der Waals surface area contributed by atoms with E-state index < -0.39 is 11.7 Å². The number of hydrogen-bond acceptors (Lipinski definition) is 5. The summed E-state index contributed by atoms with van der Waals surface area (Å²) in [7, 11) is 3.60. The number of nitrogens with one attached hydrogen (secondary N) is 2. The zero-order valence-corrected chi connectivity index (χ0v) is 20.1. The lowest BCUT2D eigenvalue weighted by molar-refractivity contribution is -0.130. The second-order valence-corrected chi connectivity index (χ2v) is 9.01. The number of anilines is 1. The topological polar surface area (TPSA) is 106 Å². The van der Waals surface area contributed by atoms with Gasteiger partial charge in [-0.2, -0.15) is 0 Å². The van der Waals surface area contributed by atoms with Gasteiger partial charge < -0.3 is 25.0 Å². The first-order chi connectivity index (χ1) is 16.8. The van der Waals surface area contributed by atoms with Crippen LogP contribution < -0.4 is 5.32 Å². The molecule has 1 aromatic heterocycles. The number of carbonyl (C=O) groups excluding carboxylic acids is 4. The Morgan fingerprint density at radius 1 is 1.03 bits per heavy atom. The molecular formula is C26H29N5O4. The first kappa shape index (κ1) is 24.2. The van der Waals surface area contributed by atoms with E-state index in [-0.39, 0.29) is 36.5 Å². The molecule has 1 saturated heterocycles. The van der Waals surface area contributed by atoms with Crippen molar-refractivity contribution in [2.75, 3.05) is 45.6 Å². The highest BCUT2D eigenvalue weighted by Crippen LogP contribution is 2.27. The number of likely N-dealkylation sites (N-methyl/N-ethyl adjacent to an activating group) is 1. The molecule has 182 valence electrons. The highest BCUT2D eigenvalue weighted by molar-refractivity contribution is 6.45. The number of hydrogen-bond donors (Lipinski definition) is 2. The fraction of sp³-hybridized carbons (Fsp3) is 0.308. The molecule has 1 aliphatic heterocycles. The monoisotopic (exact) mass is 475 g/mol. The summed E-state index contributed by atoms with van der Waals surface area (Å²) in [6.07, 6.45) is 1.51. The van der Waals surface area contributed by atoms with Crippen LogP contribution in [0.25, 0.3) is 10.9 Å². The number of piperazine rings is 1. The lowest BCUT2D eigenvalue weighted by Gasteiger charge is -2.39. The largest absolute Gasteiger partial charge is 0.359 e. The van der Waals surface area contributed by atoms with Crippen molar-refractivity contribution in [3.8, 4) is 0 Å². The second kappa shape index (κ2) is 10.1. The van der Waals surface area contributed by atoms with Gasteiger partial charge in [-0.1, -0.05) is 30.3 Å². The van der Waals surface area contributed by atoms with Gasteiger partial charge in [0.2, 0.25) is 5.91 Å². The lowest BCUT2D eigenvalue weighted by atomic mass is 10.1. The molecule has 2 heterocycles. The van der Waals surface area contributed by atoms with Crippen LogP contribution in [-0.2, 0) is 9.59 Å². The van der Waals surface area contributed by atoms with Crippen LogP contribution in [0.4, 0.5) is 5.69 Å². The van der Waals surface area contributed by atoms with Crippen LogP contribution in [0.15, 0.2) is 54.7 Å². The van der Waals surface area contributed by atoms with Crippen molar-refractivity contribution in [3.63, 3.8) is 0 Å².